The Balaban J connectivity index is 1.93. The molecule has 0 amide bonds. The number of aromatic nitrogens is 4. The Kier molecular flexibility index (Phi) is 7.11. The normalized spacial score (nSPS) is 11.3. The standard InChI is InChI=1S/C24H19ClF3N7O2/c1-12-3-15(10-31-8-12)35-23(36)33-22(32-20-6-14(9-30-2)19(29)7-16(20)25)34(24(35)37)11-13-4-17(26)21(28)18(27)5-13/h3-10H,11,29H2,1-2H3,(H,32,33,36). The third kappa shape index (κ3) is 5.23. The molecule has 0 unspecified atom stereocenters. The SMILES string of the molecule is CN=Cc1cc(Nc2nc(=O)n(-c3cncc(C)c3)c(=O)n2Cc2cc(F)c(F)c(F)c2)c(Cl)cc1N. The smallest absolute Gasteiger partial charge is 0.359 e. The first-order chi connectivity index (χ1) is 17.6. The Bertz CT molecular complexity index is 1640. The van der Waals surface area contributed by atoms with Crippen LogP contribution in [0.1, 0.15) is 16.7 Å². The van der Waals surface area contributed by atoms with Crippen molar-refractivity contribution in [1.29, 1.82) is 0 Å². The van der Waals surface area contributed by atoms with Gasteiger partial charge in [0.05, 0.1) is 29.1 Å². The quantitative estimate of drug-likeness (QED) is 0.224. The van der Waals surface area contributed by atoms with Crippen LogP contribution in [0, 0.1) is 24.4 Å². The number of benzene rings is 2. The van der Waals surface area contributed by atoms with Gasteiger partial charge in [-0.05, 0) is 48.4 Å². The molecule has 0 aliphatic carbocycles. The largest absolute Gasteiger partial charge is 0.398 e. The Hall–Kier alpha value is -4.45. The fourth-order valence-electron chi connectivity index (χ4n) is 3.57. The van der Waals surface area contributed by atoms with Crippen molar-refractivity contribution in [2.75, 3.05) is 18.1 Å². The lowest BCUT2D eigenvalue weighted by Crippen LogP contribution is -2.41. The van der Waals surface area contributed by atoms with E-state index in [0.717, 1.165) is 21.3 Å². The molecule has 3 N–H and O–H groups in total. The van der Waals surface area contributed by atoms with E-state index < -0.39 is 35.4 Å². The van der Waals surface area contributed by atoms with Crippen molar-refractivity contribution in [2.24, 2.45) is 4.99 Å². The molecule has 2 aromatic carbocycles. The number of rotatable bonds is 6. The minimum atomic E-state index is -1.65. The van der Waals surface area contributed by atoms with Gasteiger partial charge in [-0.2, -0.15) is 4.98 Å². The zero-order valence-electron chi connectivity index (χ0n) is 19.5. The summed E-state index contributed by atoms with van der Waals surface area (Å²) in [4.78, 5) is 38.4. The van der Waals surface area contributed by atoms with E-state index in [1.165, 1.54) is 30.7 Å². The highest BCUT2D eigenvalue weighted by Gasteiger charge is 2.19. The van der Waals surface area contributed by atoms with E-state index in [0.29, 0.717) is 16.8 Å². The molecule has 0 saturated heterocycles. The summed E-state index contributed by atoms with van der Waals surface area (Å²) in [6.45, 7) is 1.24. The van der Waals surface area contributed by atoms with Gasteiger partial charge in [0.2, 0.25) is 5.95 Å². The number of hydrogen-bond acceptors (Lipinski definition) is 7. The highest BCUT2D eigenvalue weighted by Crippen LogP contribution is 2.29. The molecule has 2 aromatic heterocycles. The molecule has 2 heterocycles. The van der Waals surface area contributed by atoms with Gasteiger partial charge in [-0.25, -0.2) is 27.3 Å². The van der Waals surface area contributed by atoms with Gasteiger partial charge in [0.25, 0.3) is 0 Å². The van der Waals surface area contributed by atoms with E-state index in [-0.39, 0.29) is 27.9 Å². The molecule has 0 fully saturated rings. The number of nitrogens with one attached hydrogen (secondary N) is 1. The fraction of sp³-hybridized carbons (Fsp3) is 0.125. The maximum atomic E-state index is 13.9. The number of nitrogens with two attached hydrogens (primary N) is 1. The number of aryl methyl sites for hydroxylation is 1. The summed E-state index contributed by atoms with van der Waals surface area (Å²) in [6.07, 6.45) is 4.30. The molecule has 0 aliphatic heterocycles. The predicted octanol–water partition coefficient (Wildman–Crippen LogP) is 3.59. The van der Waals surface area contributed by atoms with Crippen LogP contribution in [-0.4, -0.2) is 32.4 Å². The summed E-state index contributed by atoms with van der Waals surface area (Å²) in [5.41, 5.74) is 5.83. The molecular weight excluding hydrogens is 511 g/mol. The Morgan fingerprint density at radius 3 is 2.46 bits per heavy atom. The van der Waals surface area contributed by atoms with Crippen molar-refractivity contribution in [3.63, 3.8) is 0 Å². The maximum absolute atomic E-state index is 13.9. The van der Waals surface area contributed by atoms with Crippen LogP contribution in [-0.2, 0) is 6.54 Å². The summed E-state index contributed by atoms with van der Waals surface area (Å²) < 4.78 is 43.0. The first-order valence-corrected chi connectivity index (χ1v) is 11.0. The van der Waals surface area contributed by atoms with E-state index in [9.17, 15) is 22.8 Å². The van der Waals surface area contributed by atoms with Crippen molar-refractivity contribution in [2.45, 2.75) is 13.5 Å². The summed E-state index contributed by atoms with van der Waals surface area (Å²) in [7, 11) is 1.54. The highest BCUT2D eigenvalue weighted by atomic mass is 35.5. The molecule has 37 heavy (non-hydrogen) atoms. The van der Waals surface area contributed by atoms with Gasteiger partial charge in [-0.3, -0.25) is 14.5 Å². The molecule has 0 aliphatic rings. The van der Waals surface area contributed by atoms with E-state index in [2.05, 4.69) is 20.3 Å². The molecular formula is C24H19ClF3N7O2. The number of nitrogen functional groups attached to an aromatic ring is 1. The van der Waals surface area contributed by atoms with Gasteiger partial charge in [-0.15, -0.1) is 0 Å². The molecule has 9 nitrogen and oxygen atoms in total. The summed E-state index contributed by atoms with van der Waals surface area (Å²) in [5, 5.41) is 2.95. The Morgan fingerprint density at radius 2 is 1.81 bits per heavy atom. The van der Waals surface area contributed by atoms with Crippen LogP contribution in [0.2, 0.25) is 5.02 Å². The molecule has 4 aromatic rings. The van der Waals surface area contributed by atoms with Crippen LogP contribution in [0.5, 0.6) is 0 Å². The zero-order chi connectivity index (χ0) is 26.9. The third-order valence-corrected chi connectivity index (χ3v) is 5.57. The average molecular weight is 530 g/mol. The second-order valence-corrected chi connectivity index (χ2v) is 8.40. The molecule has 0 spiro atoms. The molecule has 190 valence electrons. The van der Waals surface area contributed by atoms with Crippen molar-refractivity contribution < 1.29 is 13.2 Å². The van der Waals surface area contributed by atoms with Gasteiger partial charge in [-0.1, -0.05) is 11.6 Å². The molecule has 0 saturated carbocycles. The highest BCUT2D eigenvalue weighted by molar-refractivity contribution is 6.33. The lowest BCUT2D eigenvalue weighted by molar-refractivity contribution is 0.444. The maximum Gasteiger partial charge on any atom is 0.359 e. The van der Waals surface area contributed by atoms with Gasteiger partial charge in [0.1, 0.15) is 0 Å². The van der Waals surface area contributed by atoms with Gasteiger partial charge in [0.15, 0.2) is 17.5 Å². The van der Waals surface area contributed by atoms with Crippen molar-refractivity contribution in [3.8, 4) is 5.69 Å². The van der Waals surface area contributed by atoms with Crippen LogP contribution in [0.3, 0.4) is 0 Å². The number of anilines is 3. The molecule has 4 rings (SSSR count). The monoisotopic (exact) mass is 529 g/mol. The number of hydrogen-bond donors (Lipinski definition) is 2. The first-order valence-electron chi connectivity index (χ1n) is 10.7. The second kappa shape index (κ2) is 10.3. The lowest BCUT2D eigenvalue weighted by atomic mass is 10.1. The topological polar surface area (TPSA) is 120 Å². The van der Waals surface area contributed by atoms with Gasteiger partial charge >= 0.3 is 11.4 Å². The molecule has 0 bridgehead atoms. The van der Waals surface area contributed by atoms with Crippen LogP contribution < -0.4 is 22.4 Å². The average Bonchev–Trinajstić information content (AvgIpc) is 2.83. The first kappa shape index (κ1) is 25.6. The summed E-state index contributed by atoms with van der Waals surface area (Å²) in [5.74, 6) is -4.82. The van der Waals surface area contributed by atoms with Crippen LogP contribution in [0.15, 0.2) is 57.3 Å². The predicted molar refractivity (Wildman–Crippen MR) is 135 cm³/mol. The molecule has 0 radical (unpaired) electrons. The molecule has 0 atom stereocenters. The lowest BCUT2D eigenvalue weighted by Gasteiger charge is -2.17. The van der Waals surface area contributed by atoms with Crippen molar-refractivity contribution in [1.82, 2.24) is 19.1 Å². The molecule has 13 heteroatoms. The van der Waals surface area contributed by atoms with E-state index in [1.54, 1.807) is 20.0 Å². The third-order valence-electron chi connectivity index (χ3n) is 5.26. The second-order valence-electron chi connectivity index (χ2n) is 7.99. The van der Waals surface area contributed by atoms with E-state index >= 15 is 0 Å². The van der Waals surface area contributed by atoms with E-state index in [4.69, 9.17) is 17.3 Å². The van der Waals surface area contributed by atoms with Crippen LogP contribution in [0.25, 0.3) is 5.69 Å². The summed E-state index contributed by atoms with van der Waals surface area (Å²) in [6, 6.07) is 5.98. The van der Waals surface area contributed by atoms with Crippen LogP contribution in [0.4, 0.5) is 30.5 Å². The minimum absolute atomic E-state index is 0.0990. The summed E-state index contributed by atoms with van der Waals surface area (Å²) >= 11 is 6.31. The zero-order valence-corrected chi connectivity index (χ0v) is 20.2. The number of pyridine rings is 1. The van der Waals surface area contributed by atoms with Crippen molar-refractivity contribution in [3.05, 3.63) is 103 Å². The van der Waals surface area contributed by atoms with Crippen molar-refractivity contribution >= 4 is 35.1 Å². The Labute approximate surface area is 212 Å². The van der Waals surface area contributed by atoms with Gasteiger partial charge < -0.3 is 11.1 Å². The Morgan fingerprint density at radius 1 is 1.11 bits per heavy atom. The van der Waals surface area contributed by atoms with Gasteiger partial charge in [0, 0.05) is 30.7 Å². The van der Waals surface area contributed by atoms with Crippen LogP contribution >= 0.6 is 11.6 Å². The van der Waals surface area contributed by atoms with E-state index in [1.807, 2.05) is 0 Å². The minimum Gasteiger partial charge on any atom is -0.398 e. The number of nitrogens with zero attached hydrogens (tertiary/aromatic N) is 5. The number of aliphatic imine (C=N–C) groups is 1. The number of halogens is 4. The fourth-order valence-corrected chi connectivity index (χ4v) is 3.79.